The molecule has 1 rings (SSSR count). The lowest BCUT2D eigenvalue weighted by molar-refractivity contribution is -0.119. The first kappa shape index (κ1) is 11.9. The van der Waals surface area contributed by atoms with E-state index < -0.39 is 0 Å². The first-order valence-corrected chi connectivity index (χ1v) is 5.30. The second kappa shape index (κ2) is 5.08. The van der Waals surface area contributed by atoms with Crippen molar-refractivity contribution in [3.63, 3.8) is 0 Å². The van der Waals surface area contributed by atoms with Gasteiger partial charge in [0.1, 0.15) is 0 Å². The highest BCUT2D eigenvalue weighted by atomic mass is 16.1. The predicted molar refractivity (Wildman–Crippen MR) is 63.1 cm³/mol. The number of Topliss-reactive ketones (excluding diaryl/α,β-unsaturated/α-hetero) is 1. The van der Waals surface area contributed by atoms with Crippen molar-refractivity contribution in [3.05, 3.63) is 34.9 Å². The molecular weight excluding hydrogens is 186 g/mol. The first-order valence-electron chi connectivity index (χ1n) is 5.30. The standard InChI is InChI=1S/C13H19NO/c1-9-5-10(2)7-12(6-9)8-13(15)11(3)14-4/h5-7,11,14H,8H2,1-4H3. The van der Waals surface area contributed by atoms with E-state index >= 15 is 0 Å². The minimum absolute atomic E-state index is 0.0641. The third-order valence-electron chi connectivity index (χ3n) is 2.58. The lowest BCUT2D eigenvalue weighted by atomic mass is 10.0. The highest BCUT2D eigenvalue weighted by Gasteiger charge is 2.11. The summed E-state index contributed by atoms with van der Waals surface area (Å²) in [6, 6.07) is 6.21. The molecule has 0 aliphatic heterocycles. The van der Waals surface area contributed by atoms with Crippen LogP contribution in [-0.2, 0) is 11.2 Å². The summed E-state index contributed by atoms with van der Waals surface area (Å²) in [5.41, 5.74) is 3.55. The number of carbonyl (C=O) groups is 1. The van der Waals surface area contributed by atoms with Crippen LogP contribution in [0, 0.1) is 13.8 Å². The van der Waals surface area contributed by atoms with Gasteiger partial charge in [-0.15, -0.1) is 0 Å². The fraction of sp³-hybridized carbons (Fsp3) is 0.462. The number of nitrogens with one attached hydrogen (secondary N) is 1. The molecule has 0 saturated heterocycles. The van der Waals surface area contributed by atoms with Gasteiger partial charge in [0.05, 0.1) is 6.04 Å². The van der Waals surface area contributed by atoms with E-state index in [9.17, 15) is 4.79 Å². The molecule has 1 N–H and O–H groups in total. The second-order valence-electron chi connectivity index (χ2n) is 4.15. The van der Waals surface area contributed by atoms with Crippen LogP contribution in [0.15, 0.2) is 18.2 Å². The van der Waals surface area contributed by atoms with Crippen molar-refractivity contribution in [2.24, 2.45) is 0 Å². The van der Waals surface area contributed by atoms with E-state index in [4.69, 9.17) is 0 Å². The Hall–Kier alpha value is -1.15. The predicted octanol–water partition coefficient (Wildman–Crippen LogP) is 2.02. The molecule has 0 bridgehead atoms. The maximum Gasteiger partial charge on any atom is 0.153 e. The van der Waals surface area contributed by atoms with Crippen molar-refractivity contribution in [2.45, 2.75) is 33.2 Å². The van der Waals surface area contributed by atoms with Crippen molar-refractivity contribution in [3.8, 4) is 0 Å². The van der Waals surface area contributed by atoms with E-state index in [-0.39, 0.29) is 11.8 Å². The highest BCUT2D eigenvalue weighted by Crippen LogP contribution is 2.10. The Labute approximate surface area is 91.7 Å². The van der Waals surface area contributed by atoms with Crippen molar-refractivity contribution in [2.75, 3.05) is 7.05 Å². The summed E-state index contributed by atoms with van der Waals surface area (Å²) in [5.74, 6) is 0.238. The highest BCUT2D eigenvalue weighted by molar-refractivity contribution is 5.85. The Morgan fingerprint density at radius 3 is 2.27 bits per heavy atom. The van der Waals surface area contributed by atoms with Gasteiger partial charge in [0.2, 0.25) is 0 Å². The molecule has 1 unspecified atom stereocenters. The molecule has 15 heavy (non-hydrogen) atoms. The van der Waals surface area contributed by atoms with Gasteiger partial charge in [-0.25, -0.2) is 0 Å². The van der Waals surface area contributed by atoms with Crippen LogP contribution >= 0.6 is 0 Å². The van der Waals surface area contributed by atoms with Crippen LogP contribution in [0.1, 0.15) is 23.6 Å². The average Bonchev–Trinajstić information content (AvgIpc) is 2.14. The maximum atomic E-state index is 11.7. The number of ketones is 1. The summed E-state index contributed by atoms with van der Waals surface area (Å²) in [7, 11) is 1.81. The molecule has 0 fully saturated rings. The van der Waals surface area contributed by atoms with Crippen LogP contribution < -0.4 is 5.32 Å². The number of rotatable bonds is 4. The average molecular weight is 205 g/mol. The molecule has 0 heterocycles. The van der Waals surface area contributed by atoms with E-state index in [1.54, 1.807) is 0 Å². The first-order chi connectivity index (χ1) is 7.02. The summed E-state index contributed by atoms with van der Waals surface area (Å²) in [4.78, 5) is 11.7. The normalized spacial score (nSPS) is 12.5. The van der Waals surface area contributed by atoms with Gasteiger partial charge < -0.3 is 5.32 Å². The summed E-state index contributed by atoms with van der Waals surface area (Å²) in [6.07, 6.45) is 0.518. The topological polar surface area (TPSA) is 29.1 Å². The van der Waals surface area contributed by atoms with E-state index in [1.807, 2.05) is 14.0 Å². The molecular formula is C13H19NO. The van der Waals surface area contributed by atoms with E-state index in [0.717, 1.165) is 5.56 Å². The molecule has 1 atom stereocenters. The van der Waals surface area contributed by atoms with E-state index in [1.165, 1.54) is 11.1 Å². The summed E-state index contributed by atoms with van der Waals surface area (Å²) in [6.45, 7) is 6.01. The zero-order valence-electron chi connectivity index (χ0n) is 9.92. The number of aryl methyl sites for hydroxylation is 2. The van der Waals surface area contributed by atoms with Crippen molar-refractivity contribution < 1.29 is 4.79 Å². The molecule has 82 valence electrons. The summed E-state index contributed by atoms with van der Waals surface area (Å²) < 4.78 is 0. The van der Waals surface area contributed by atoms with Gasteiger partial charge in [-0.05, 0) is 33.4 Å². The zero-order chi connectivity index (χ0) is 11.4. The third kappa shape index (κ3) is 3.48. The Morgan fingerprint density at radius 1 is 1.27 bits per heavy atom. The van der Waals surface area contributed by atoms with Gasteiger partial charge in [-0.3, -0.25) is 4.79 Å². The Balaban J connectivity index is 2.76. The largest absolute Gasteiger partial charge is 0.311 e. The quantitative estimate of drug-likeness (QED) is 0.814. The fourth-order valence-corrected chi connectivity index (χ4v) is 1.69. The van der Waals surface area contributed by atoms with Gasteiger partial charge in [0.25, 0.3) is 0 Å². The van der Waals surface area contributed by atoms with Gasteiger partial charge in [-0.2, -0.15) is 0 Å². The lowest BCUT2D eigenvalue weighted by Gasteiger charge is -2.09. The number of likely N-dealkylation sites (N-methyl/N-ethyl adjacent to an activating group) is 1. The van der Waals surface area contributed by atoms with E-state index in [2.05, 4.69) is 37.4 Å². The van der Waals surface area contributed by atoms with Gasteiger partial charge in [0, 0.05) is 6.42 Å². The minimum Gasteiger partial charge on any atom is -0.311 e. The SMILES string of the molecule is CNC(C)C(=O)Cc1cc(C)cc(C)c1. The van der Waals surface area contributed by atoms with Crippen LogP contribution in [-0.4, -0.2) is 18.9 Å². The third-order valence-corrected chi connectivity index (χ3v) is 2.58. The Morgan fingerprint density at radius 2 is 1.80 bits per heavy atom. The molecule has 0 aromatic heterocycles. The van der Waals surface area contributed by atoms with Crippen LogP contribution in [0.3, 0.4) is 0 Å². The van der Waals surface area contributed by atoms with Crippen LogP contribution in [0.2, 0.25) is 0 Å². The molecule has 2 heteroatoms. The van der Waals surface area contributed by atoms with Crippen molar-refractivity contribution in [1.29, 1.82) is 0 Å². The summed E-state index contributed by atoms with van der Waals surface area (Å²) in [5, 5.41) is 2.96. The zero-order valence-corrected chi connectivity index (χ0v) is 9.92. The molecule has 0 aliphatic rings. The molecule has 1 aromatic carbocycles. The smallest absolute Gasteiger partial charge is 0.153 e. The van der Waals surface area contributed by atoms with Crippen LogP contribution in [0.4, 0.5) is 0 Å². The van der Waals surface area contributed by atoms with Gasteiger partial charge in [0.15, 0.2) is 5.78 Å². The maximum absolute atomic E-state index is 11.7. The number of benzene rings is 1. The van der Waals surface area contributed by atoms with Gasteiger partial charge >= 0.3 is 0 Å². The van der Waals surface area contributed by atoms with Crippen molar-refractivity contribution in [1.82, 2.24) is 5.32 Å². The van der Waals surface area contributed by atoms with Crippen LogP contribution in [0.25, 0.3) is 0 Å². The molecule has 0 spiro atoms. The minimum atomic E-state index is -0.0641. The molecule has 0 radical (unpaired) electrons. The lowest BCUT2D eigenvalue weighted by Crippen LogP contribution is -2.31. The Kier molecular flexibility index (Phi) is 4.04. The second-order valence-corrected chi connectivity index (χ2v) is 4.15. The van der Waals surface area contributed by atoms with Gasteiger partial charge in [-0.1, -0.05) is 29.3 Å². The molecule has 2 nitrogen and oxygen atoms in total. The number of hydrogen-bond donors (Lipinski definition) is 1. The number of carbonyl (C=O) groups excluding carboxylic acids is 1. The summed E-state index contributed by atoms with van der Waals surface area (Å²) >= 11 is 0. The molecule has 0 amide bonds. The molecule has 0 saturated carbocycles. The van der Waals surface area contributed by atoms with E-state index in [0.29, 0.717) is 6.42 Å². The molecule has 1 aromatic rings. The fourth-order valence-electron chi connectivity index (χ4n) is 1.69. The van der Waals surface area contributed by atoms with Crippen LogP contribution in [0.5, 0.6) is 0 Å². The Bertz CT molecular complexity index is 337. The monoisotopic (exact) mass is 205 g/mol. The molecule has 0 aliphatic carbocycles. The number of hydrogen-bond acceptors (Lipinski definition) is 2. The van der Waals surface area contributed by atoms with Crippen molar-refractivity contribution >= 4 is 5.78 Å².